The lowest BCUT2D eigenvalue weighted by Crippen LogP contribution is -2.28. The lowest BCUT2D eigenvalue weighted by Gasteiger charge is -2.29. The lowest BCUT2D eigenvalue weighted by molar-refractivity contribution is -0.0496. The molecule has 114 valence electrons. The Morgan fingerprint density at radius 1 is 1.15 bits per heavy atom. The molecule has 0 atom stereocenters. The molecule has 0 saturated carbocycles. The van der Waals surface area contributed by atoms with Crippen molar-refractivity contribution in [2.75, 3.05) is 18.3 Å². The molecule has 1 aromatic rings. The normalized spacial score (nSPS) is 14.1. The summed E-state index contributed by atoms with van der Waals surface area (Å²) in [5, 5.41) is 0. The molecule has 0 fully saturated rings. The van der Waals surface area contributed by atoms with Gasteiger partial charge in [0.2, 0.25) is 0 Å². The summed E-state index contributed by atoms with van der Waals surface area (Å²) in [5.41, 5.74) is -5.20. The first-order valence-electron chi connectivity index (χ1n) is 5.26. The van der Waals surface area contributed by atoms with Gasteiger partial charge in [0.05, 0.1) is 5.75 Å². The minimum atomic E-state index is -5.70. The minimum absolute atomic E-state index is 0.293. The van der Waals surface area contributed by atoms with Crippen LogP contribution in [0.2, 0.25) is 0 Å². The van der Waals surface area contributed by atoms with E-state index in [9.17, 15) is 26.4 Å². The van der Waals surface area contributed by atoms with Crippen molar-refractivity contribution in [2.24, 2.45) is 0 Å². The third-order valence-electron chi connectivity index (χ3n) is 2.13. The zero-order valence-electron chi connectivity index (χ0n) is 10.7. The largest absolute Gasteiger partial charge is 0.523 e. The molecule has 0 saturated heterocycles. The van der Waals surface area contributed by atoms with Gasteiger partial charge >= 0.3 is 15.6 Å². The lowest BCUT2D eigenvalue weighted by atomic mass is 10.2. The van der Waals surface area contributed by atoms with E-state index in [1.165, 1.54) is 24.6 Å². The molecule has 4 nitrogen and oxygen atoms in total. The van der Waals surface area contributed by atoms with Crippen LogP contribution in [0.5, 0.6) is 0 Å². The summed E-state index contributed by atoms with van der Waals surface area (Å²) in [4.78, 5) is 11.9. The van der Waals surface area contributed by atoms with E-state index in [4.69, 9.17) is 0 Å². The first kappa shape index (κ1) is 17.0. The highest BCUT2D eigenvalue weighted by Crippen LogP contribution is 2.46. The van der Waals surface area contributed by atoms with Gasteiger partial charge in [0.25, 0.3) is 0 Å². The zero-order valence-corrected chi connectivity index (χ0v) is 12.3. The molecule has 9 heteroatoms. The average molecular weight is 330 g/mol. The fraction of sp³-hybridized carbons (Fsp3) is 0.364. The van der Waals surface area contributed by atoms with Gasteiger partial charge in [-0.05, 0) is 12.5 Å². The third kappa shape index (κ3) is 4.50. The molecule has 1 rings (SSSR count). The van der Waals surface area contributed by atoms with Crippen molar-refractivity contribution in [3.63, 3.8) is 0 Å². The molecule has 0 aromatic heterocycles. The minimum Gasteiger partial charge on any atom is -0.293 e. The molecule has 0 aliphatic heterocycles. The summed E-state index contributed by atoms with van der Waals surface area (Å²) in [6.45, 7) is 0. The van der Waals surface area contributed by atoms with Crippen LogP contribution in [0.1, 0.15) is 10.4 Å². The molecule has 0 aliphatic carbocycles. The summed E-state index contributed by atoms with van der Waals surface area (Å²) in [5.74, 6) is -0.880. The standard InChI is InChI=1S/C11H13F3O4S2/c1-19(2,18-20(16,17)11(12,13)14)8-10(15)9-6-4-3-5-7-9/h3-7H,8H2,1-2H3. The SMILES string of the molecule is CS(C)(CC(=O)c1ccccc1)OS(=O)(=O)C(F)(F)F. The first-order chi connectivity index (χ1) is 8.95. The Kier molecular flexibility index (Phi) is 4.88. The van der Waals surface area contributed by atoms with Crippen LogP contribution in [-0.4, -0.2) is 38.0 Å². The number of halogens is 3. The topological polar surface area (TPSA) is 60.4 Å². The van der Waals surface area contributed by atoms with Crippen molar-refractivity contribution in [1.82, 2.24) is 0 Å². The Bertz CT molecular complexity index is 579. The van der Waals surface area contributed by atoms with E-state index in [1.54, 1.807) is 18.2 Å². The fourth-order valence-corrected chi connectivity index (χ4v) is 4.57. The predicted octanol–water partition coefficient (Wildman–Crippen LogP) is 2.71. The van der Waals surface area contributed by atoms with Crippen molar-refractivity contribution in [3.05, 3.63) is 35.9 Å². The van der Waals surface area contributed by atoms with Crippen LogP contribution in [0, 0.1) is 0 Å². The maximum atomic E-state index is 12.2. The van der Waals surface area contributed by atoms with Gasteiger partial charge in [-0.15, -0.1) is 10.3 Å². The number of rotatable bonds is 5. The third-order valence-corrected chi connectivity index (χ3v) is 5.85. The number of alkyl halides is 3. The number of hydrogen-bond acceptors (Lipinski definition) is 4. The first-order valence-corrected chi connectivity index (χ1v) is 9.21. The number of carbonyl (C=O) groups is 1. The smallest absolute Gasteiger partial charge is 0.293 e. The highest BCUT2D eigenvalue weighted by atomic mass is 32.3. The second-order valence-electron chi connectivity index (χ2n) is 4.34. The van der Waals surface area contributed by atoms with Crippen LogP contribution < -0.4 is 0 Å². The molecule has 0 bridgehead atoms. The van der Waals surface area contributed by atoms with Crippen molar-refractivity contribution >= 4 is 26.2 Å². The molecule has 0 radical (unpaired) electrons. The van der Waals surface area contributed by atoms with E-state index in [1.807, 2.05) is 0 Å². The summed E-state index contributed by atoms with van der Waals surface area (Å²) < 4.78 is 62.8. The van der Waals surface area contributed by atoms with Crippen molar-refractivity contribution in [3.8, 4) is 0 Å². The molecule has 0 unspecified atom stereocenters. The number of benzene rings is 1. The van der Waals surface area contributed by atoms with E-state index < -0.39 is 37.5 Å². The second kappa shape index (κ2) is 5.74. The molecule has 0 amide bonds. The van der Waals surface area contributed by atoms with E-state index in [-0.39, 0.29) is 0 Å². The monoisotopic (exact) mass is 330 g/mol. The van der Waals surface area contributed by atoms with Gasteiger partial charge in [0.1, 0.15) is 0 Å². The highest BCUT2D eigenvalue weighted by molar-refractivity contribution is 8.32. The highest BCUT2D eigenvalue weighted by Gasteiger charge is 2.49. The number of ketones is 1. The van der Waals surface area contributed by atoms with Gasteiger partial charge in [-0.25, -0.2) is 3.63 Å². The van der Waals surface area contributed by atoms with Crippen LogP contribution in [0.4, 0.5) is 13.2 Å². The Morgan fingerprint density at radius 2 is 1.65 bits per heavy atom. The Morgan fingerprint density at radius 3 is 2.10 bits per heavy atom. The fourth-order valence-electron chi connectivity index (χ4n) is 1.33. The quantitative estimate of drug-likeness (QED) is 0.615. The average Bonchev–Trinajstić information content (AvgIpc) is 2.26. The van der Waals surface area contributed by atoms with Crippen molar-refractivity contribution < 1.29 is 30.0 Å². The number of hydrogen-bond donors (Lipinski definition) is 0. The van der Waals surface area contributed by atoms with Crippen LogP contribution >= 0.6 is 10.3 Å². The molecular formula is C11H13F3O4S2. The Balaban J connectivity index is 2.84. The van der Waals surface area contributed by atoms with Crippen LogP contribution in [-0.2, 0) is 13.7 Å². The molecule has 0 spiro atoms. The van der Waals surface area contributed by atoms with Gasteiger partial charge in [-0.2, -0.15) is 21.6 Å². The van der Waals surface area contributed by atoms with Gasteiger partial charge < -0.3 is 0 Å². The maximum absolute atomic E-state index is 12.2. The summed E-state index contributed by atoms with van der Waals surface area (Å²) in [7, 11) is -8.43. The number of carbonyl (C=O) groups excluding carboxylic acids is 1. The van der Waals surface area contributed by atoms with Gasteiger partial charge in [-0.3, -0.25) is 4.79 Å². The van der Waals surface area contributed by atoms with Gasteiger partial charge in [0, 0.05) is 5.56 Å². The van der Waals surface area contributed by atoms with Crippen LogP contribution in [0.25, 0.3) is 0 Å². The Hall–Kier alpha value is -1.06. The van der Waals surface area contributed by atoms with Gasteiger partial charge in [0.15, 0.2) is 5.78 Å². The van der Waals surface area contributed by atoms with Crippen molar-refractivity contribution in [1.29, 1.82) is 0 Å². The van der Waals surface area contributed by atoms with E-state index in [0.29, 0.717) is 5.56 Å². The predicted molar refractivity (Wildman–Crippen MR) is 71.1 cm³/mol. The molecular weight excluding hydrogens is 317 g/mol. The number of Topliss-reactive ketones (excluding diaryl/α,β-unsaturated/α-hetero) is 1. The second-order valence-corrected chi connectivity index (χ2v) is 9.42. The summed E-state index contributed by atoms with van der Waals surface area (Å²) in [6, 6.07) is 7.87. The molecule has 0 N–H and O–H groups in total. The summed E-state index contributed by atoms with van der Waals surface area (Å²) >= 11 is 0. The van der Waals surface area contributed by atoms with E-state index in [0.717, 1.165) is 0 Å². The molecule has 1 aromatic carbocycles. The Labute approximate surface area is 116 Å². The molecule has 0 aliphatic rings. The van der Waals surface area contributed by atoms with E-state index >= 15 is 0 Å². The van der Waals surface area contributed by atoms with Crippen LogP contribution in [0.3, 0.4) is 0 Å². The molecule has 0 heterocycles. The van der Waals surface area contributed by atoms with Crippen molar-refractivity contribution in [2.45, 2.75) is 5.51 Å². The zero-order chi connectivity index (χ0) is 15.6. The summed E-state index contributed by atoms with van der Waals surface area (Å²) in [6.07, 6.45) is 2.38. The van der Waals surface area contributed by atoms with E-state index in [2.05, 4.69) is 3.63 Å². The van der Waals surface area contributed by atoms with Crippen LogP contribution in [0.15, 0.2) is 30.3 Å². The maximum Gasteiger partial charge on any atom is 0.523 e. The van der Waals surface area contributed by atoms with Gasteiger partial charge in [-0.1, -0.05) is 30.3 Å². The molecule has 20 heavy (non-hydrogen) atoms.